The Morgan fingerprint density at radius 1 is 0.868 bits per heavy atom. The minimum absolute atomic E-state index is 0.0377. The smallest absolute Gasteiger partial charge is 0.253 e. The molecule has 1 aliphatic rings. The van der Waals surface area contributed by atoms with Gasteiger partial charge in [-0.3, -0.25) is 4.79 Å². The summed E-state index contributed by atoms with van der Waals surface area (Å²) in [4.78, 5) is 26.8. The molecule has 1 amide bonds. The van der Waals surface area contributed by atoms with Crippen molar-refractivity contribution < 1.29 is 9.53 Å². The first kappa shape index (κ1) is 23.7. The third-order valence-electron chi connectivity index (χ3n) is 7.13. The molecule has 0 bridgehead atoms. The summed E-state index contributed by atoms with van der Waals surface area (Å²) in [5.41, 5.74) is 6.01. The maximum Gasteiger partial charge on any atom is 0.253 e. The number of hydrogen-bond donors (Lipinski definition) is 0. The van der Waals surface area contributed by atoms with Gasteiger partial charge in [-0.1, -0.05) is 42.5 Å². The second-order valence-corrected chi connectivity index (χ2v) is 9.52. The molecule has 0 unspecified atom stereocenters. The van der Waals surface area contributed by atoms with Crippen LogP contribution in [-0.2, 0) is 0 Å². The van der Waals surface area contributed by atoms with Crippen molar-refractivity contribution in [3.05, 3.63) is 103 Å². The number of methoxy groups -OCH3 is 1. The number of benzene rings is 3. The summed E-state index contributed by atoms with van der Waals surface area (Å²) in [6.45, 7) is 4.72. The molecule has 7 heteroatoms. The van der Waals surface area contributed by atoms with E-state index in [0.29, 0.717) is 31.7 Å². The molecule has 3 aromatic carbocycles. The van der Waals surface area contributed by atoms with Crippen molar-refractivity contribution in [2.75, 3.05) is 38.2 Å². The third-order valence-corrected chi connectivity index (χ3v) is 7.13. The van der Waals surface area contributed by atoms with Gasteiger partial charge < -0.3 is 19.1 Å². The molecule has 1 saturated heterocycles. The lowest BCUT2D eigenvalue weighted by Gasteiger charge is -2.35. The number of hydrogen-bond acceptors (Lipinski definition) is 5. The van der Waals surface area contributed by atoms with Gasteiger partial charge in [0.05, 0.1) is 12.5 Å². The monoisotopic (exact) mass is 503 g/mol. The predicted molar refractivity (Wildman–Crippen MR) is 150 cm³/mol. The quantitative estimate of drug-likeness (QED) is 0.323. The highest BCUT2D eigenvalue weighted by Crippen LogP contribution is 2.37. The number of fused-ring (bicyclic) bond motifs is 1. The Kier molecular flexibility index (Phi) is 6.25. The van der Waals surface area contributed by atoms with Gasteiger partial charge in [0, 0.05) is 49.2 Å². The molecule has 7 nitrogen and oxygen atoms in total. The molecule has 38 heavy (non-hydrogen) atoms. The van der Waals surface area contributed by atoms with Crippen LogP contribution in [0.15, 0.2) is 91.4 Å². The number of aryl methyl sites for hydroxylation is 1. The standard InChI is InChI=1S/C31H29N5O2/c1-22-7-6-10-25(19-22)36-20-27(23-8-4-3-5-9-23)28-29(32-21-33-30(28)36)34-15-17-35(18-16-34)31(37)24-11-13-26(38-2)14-12-24/h3-14,19-21H,15-18H2,1-2H3. The summed E-state index contributed by atoms with van der Waals surface area (Å²) in [6.07, 6.45) is 3.81. The molecule has 190 valence electrons. The van der Waals surface area contributed by atoms with Crippen LogP contribution in [0.4, 0.5) is 5.82 Å². The molecule has 2 aromatic heterocycles. The molecule has 3 heterocycles. The number of piperazine rings is 1. The fourth-order valence-corrected chi connectivity index (χ4v) is 5.13. The van der Waals surface area contributed by atoms with Gasteiger partial charge in [0.1, 0.15) is 17.9 Å². The third kappa shape index (κ3) is 4.36. The van der Waals surface area contributed by atoms with Crippen molar-refractivity contribution in [2.45, 2.75) is 6.92 Å². The molecule has 0 radical (unpaired) electrons. The van der Waals surface area contributed by atoms with E-state index in [1.807, 2.05) is 35.2 Å². The van der Waals surface area contributed by atoms with Gasteiger partial charge in [0.2, 0.25) is 0 Å². The van der Waals surface area contributed by atoms with E-state index in [9.17, 15) is 4.79 Å². The molecule has 5 aromatic rings. The number of carbonyl (C=O) groups excluding carboxylic acids is 1. The van der Waals surface area contributed by atoms with Crippen molar-refractivity contribution in [2.24, 2.45) is 0 Å². The molecule has 0 N–H and O–H groups in total. The second kappa shape index (κ2) is 10.0. The number of carbonyl (C=O) groups is 1. The molecular formula is C31H29N5O2. The predicted octanol–water partition coefficient (Wildman–Crippen LogP) is 5.37. The van der Waals surface area contributed by atoms with E-state index in [-0.39, 0.29) is 5.91 Å². The van der Waals surface area contributed by atoms with Crippen molar-refractivity contribution in [1.29, 1.82) is 0 Å². The van der Waals surface area contributed by atoms with Crippen LogP contribution in [0, 0.1) is 6.92 Å². The summed E-state index contributed by atoms with van der Waals surface area (Å²) in [5.74, 6) is 1.68. The number of rotatable bonds is 5. The van der Waals surface area contributed by atoms with E-state index in [0.717, 1.165) is 39.4 Å². The zero-order chi connectivity index (χ0) is 26.1. The van der Waals surface area contributed by atoms with E-state index >= 15 is 0 Å². The summed E-state index contributed by atoms with van der Waals surface area (Å²) in [7, 11) is 1.62. The Balaban J connectivity index is 1.35. The Bertz CT molecular complexity index is 1590. The highest BCUT2D eigenvalue weighted by atomic mass is 16.5. The van der Waals surface area contributed by atoms with E-state index in [2.05, 4.69) is 71.1 Å². The number of nitrogens with zero attached hydrogens (tertiary/aromatic N) is 5. The van der Waals surface area contributed by atoms with Crippen LogP contribution in [0.1, 0.15) is 15.9 Å². The zero-order valence-electron chi connectivity index (χ0n) is 21.5. The van der Waals surface area contributed by atoms with Crippen LogP contribution >= 0.6 is 0 Å². The largest absolute Gasteiger partial charge is 0.497 e. The minimum atomic E-state index is 0.0377. The van der Waals surface area contributed by atoms with Crippen LogP contribution < -0.4 is 9.64 Å². The Hall–Kier alpha value is -4.65. The SMILES string of the molecule is COc1ccc(C(=O)N2CCN(c3ncnc4c3c(-c3ccccc3)cn4-c3cccc(C)c3)CC2)cc1. The second-order valence-electron chi connectivity index (χ2n) is 9.52. The topological polar surface area (TPSA) is 63.5 Å². The molecule has 1 fully saturated rings. The number of anilines is 1. The van der Waals surface area contributed by atoms with Gasteiger partial charge in [-0.05, 0) is 54.4 Å². The lowest BCUT2D eigenvalue weighted by atomic mass is 10.1. The van der Waals surface area contributed by atoms with Gasteiger partial charge in [0.25, 0.3) is 5.91 Å². The summed E-state index contributed by atoms with van der Waals surface area (Å²) in [5, 5.41) is 1.02. The average Bonchev–Trinajstić information content (AvgIpc) is 3.37. The Labute approximate surface area is 221 Å². The van der Waals surface area contributed by atoms with Crippen molar-refractivity contribution in [1.82, 2.24) is 19.4 Å². The first-order valence-corrected chi connectivity index (χ1v) is 12.8. The number of ether oxygens (including phenoxy) is 1. The fourth-order valence-electron chi connectivity index (χ4n) is 5.13. The lowest BCUT2D eigenvalue weighted by Crippen LogP contribution is -2.49. The molecule has 1 aliphatic heterocycles. The first-order valence-electron chi connectivity index (χ1n) is 12.8. The van der Waals surface area contributed by atoms with E-state index < -0.39 is 0 Å². The molecule has 0 saturated carbocycles. The molecule has 0 atom stereocenters. The summed E-state index contributed by atoms with van der Waals surface area (Å²) in [6, 6.07) is 26.1. The highest BCUT2D eigenvalue weighted by Gasteiger charge is 2.26. The number of amides is 1. The Morgan fingerprint density at radius 3 is 2.34 bits per heavy atom. The van der Waals surface area contributed by atoms with Crippen molar-refractivity contribution >= 4 is 22.8 Å². The highest BCUT2D eigenvalue weighted by molar-refractivity contribution is 6.02. The lowest BCUT2D eigenvalue weighted by molar-refractivity contribution is 0.0746. The van der Waals surface area contributed by atoms with Gasteiger partial charge in [0.15, 0.2) is 5.65 Å². The maximum atomic E-state index is 13.1. The van der Waals surface area contributed by atoms with E-state index in [4.69, 9.17) is 14.7 Å². The van der Waals surface area contributed by atoms with Crippen molar-refractivity contribution in [3.8, 4) is 22.6 Å². The van der Waals surface area contributed by atoms with Gasteiger partial charge in [-0.15, -0.1) is 0 Å². The van der Waals surface area contributed by atoms with Gasteiger partial charge in [-0.25, -0.2) is 9.97 Å². The summed E-state index contributed by atoms with van der Waals surface area (Å²) >= 11 is 0. The minimum Gasteiger partial charge on any atom is -0.497 e. The van der Waals surface area contributed by atoms with Crippen molar-refractivity contribution in [3.63, 3.8) is 0 Å². The van der Waals surface area contributed by atoms with Crippen LogP contribution in [0.2, 0.25) is 0 Å². The van der Waals surface area contributed by atoms with Crippen LogP contribution in [0.3, 0.4) is 0 Å². The summed E-state index contributed by atoms with van der Waals surface area (Å²) < 4.78 is 7.38. The normalized spacial score (nSPS) is 13.6. The molecular weight excluding hydrogens is 474 g/mol. The van der Waals surface area contributed by atoms with Gasteiger partial charge in [-0.2, -0.15) is 0 Å². The molecule has 6 rings (SSSR count). The average molecular weight is 504 g/mol. The van der Waals surface area contributed by atoms with Crippen LogP contribution in [-0.4, -0.2) is 58.6 Å². The van der Waals surface area contributed by atoms with E-state index in [1.54, 1.807) is 13.4 Å². The Morgan fingerprint density at radius 2 is 1.63 bits per heavy atom. The maximum absolute atomic E-state index is 13.1. The number of aromatic nitrogens is 3. The van der Waals surface area contributed by atoms with Crippen LogP contribution in [0.25, 0.3) is 27.8 Å². The van der Waals surface area contributed by atoms with Crippen LogP contribution in [0.5, 0.6) is 5.75 Å². The van der Waals surface area contributed by atoms with Gasteiger partial charge >= 0.3 is 0 Å². The molecule has 0 aliphatic carbocycles. The first-order chi connectivity index (χ1) is 18.6. The zero-order valence-corrected chi connectivity index (χ0v) is 21.5. The molecule has 0 spiro atoms. The fraction of sp³-hybridized carbons (Fsp3) is 0.194. The van der Waals surface area contributed by atoms with E-state index in [1.165, 1.54) is 5.56 Å².